The Balaban J connectivity index is 2.74. The third-order valence-electron chi connectivity index (χ3n) is 1.93. The predicted molar refractivity (Wildman–Crippen MR) is 57.9 cm³/mol. The average Bonchev–Trinajstić information content (AvgIpc) is 2.17. The summed E-state index contributed by atoms with van der Waals surface area (Å²) in [6, 6.07) is 3.57. The van der Waals surface area contributed by atoms with Crippen LogP contribution in [-0.2, 0) is 0 Å². The molecule has 84 valence electrons. The molecule has 0 aliphatic carbocycles. The smallest absolute Gasteiger partial charge is 0.255 e. The van der Waals surface area contributed by atoms with E-state index in [-0.39, 0.29) is 6.54 Å². The number of halogens is 3. The minimum Gasteiger partial charge on any atom is -0.350 e. The van der Waals surface area contributed by atoms with Gasteiger partial charge in [-0.1, -0.05) is 6.07 Å². The number of alkyl halides is 3. The van der Waals surface area contributed by atoms with Crippen molar-refractivity contribution in [1.82, 2.24) is 4.98 Å². The first-order valence-electron chi connectivity index (χ1n) is 4.65. The molecule has 0 bridgehead atoms. The van der Waals surface area contributed by atoms with Crippen molar-refractivity contribution in [3.8, 4) is 0 Å². The second-order valence-corrected chi connectivity index (χ2v) is 3.60. The van der Waals surface area contributed by atoms with E-state index in [1.54, 1.807) is 12.3 Å². The number of aromatic nitrogens is 1. The second-order valence-electron chi connectivity index (χ2n) is 3.22. The molecule has 5 heteroatoms. The van der Waals surface area contributed by atoms with Crippen LogP contribution in [0.25, 0.3) is 0 Å². The molecule has 1 aromatic heterocycles. The van der Waals surface area contributed by atoms with Crippen molar-refractivity contribution in [1.29, 1.82) is 0 Å². The van der Waals surface area contributed by atoms with Gasteiger partial charge in [0.1, 0.15) is 5.82 Å². The molecule has 0 fully saturated rings. The van der Waals surface area contributed by atoms with E-state index in [1.165, 1.54) is 4.90 Å². The minimum atomic E-state index is -2.38. The molecule has 2 nitrogen and oxygen atoms in total. The fourth-order valence-electron chi connectivity index (χ4n) is 1.22. The number of hydrogen-bond donors (Lipinski definition) is 0. The Morgan fingerprint density at radius 2 is 2.20 bits per heavy atom. The van der Waals surface area contributed by atoms with Crippen LogP contribution in [0.4, 0.5) is 14.6 Å². The summed E-state index contributed by atoms with van der Waals surface area (Å²) < 4.78 is 24.5. The second kappa shape index (κ2) is 5.85. The van der Waals surface area contributed by atoms with Crippen molar-refractivity contribution in [2.75, 3.05) is 23.9 Å². The maximum Gasteiger partial charge on any atom is 0.255 e. The largest absolute Gasteiger partial charge is 0.350 e. The summed E-state index contributed by atoms with van der Waals surface area (Å²) in [6.45, 7) is 1.94. The van der Waals surface area contributed by atoms with Gasteiger partial charge in [0, 0.05) is 18.6 Å². The standard InChI is InChI=1S/C10H13ClF2N2/c1-8-2-3-10(14-6-8)15(5-4-11)7-9(12)13/h2-3,6,9H,4-5,7H2,1H3. The lowest BCUT2D eigenvalue weighted by Gasteiger charge is -2.22. The fraction of sp³-hybridized carbons (Fsp3) is 0.500. The minimum absolute atomic E-state index is 0.308. The van der Waals surface area contributed by atoms with Gasteiger partial charge in [0.25, 0.3) is 6.43 Å². The van der Waals surface area contributed by atoms with Crippen LogP contribution in [0, 0.1) is 6.92 Å². The Labute approximate surface area is 92.9 Å². The molecule has 0 aromatic carbocycles. The van der Waals surface area contributed by atoms with Crippen LogP contribution >= 0.6 is 11.6 Å². The topological polar surface area (TPSA) is 16.1 Å². The number of aryl methyl sites for hydroxylation is 1. The maximum absolute atomic E-state index is 12.3. The summed E-state index contributed by atoms with van der Waals surface area (Å²) in [4.78, 5) is 5.57. The summed E-state index contributed by atoms with van der Waals surface area (Å²) >= 11 is 5.55. The van der Waals surface area contributed by atoms with Gasteiger partial charge in [0.05, 0.1) is 6.54 Å². The van der Waals surface area contributed by atoms with E-state index in [1.807, 2.05) is 13.0 Å². The van der Waals surface area contributed by atoms with Crippen molar-refractivity contribution in [2.45, 2.75) is 13.3 Å². The van der Waals surface area contributed by atoms with E-state index < -0.39 is 6.43 Å². The van der Waals surface area contributed by atoms with Crippen molar-refractivity contribution >= 4 is 17.4 Å². The summed E-state index contributed by atoms with van der Waals surface area (Å²) in [7, 11) is 0. The zero-order valence-corrected chi connectivity index (χ0v) is 9.21. The Morgan fingerprint density at radius 1 is 1.47 bits per heavy atom. The molecule has 0 aliphatic rings. The van der Waals surface area contributed by atoms with Crippen LogP contribution in [-0.4, -0.2) is 30.4 Å². The van der Waals surface area contributed by atoms with Gasteiger partial charge in [-0.15, -0.1) is 11.6 Å². The molecule has 1 aromatic rings. The molecule has 0 saturated carbocycles. The van der Waals surface area contributed by atoms with Crippen LogP contribution in [0.1, 0.15) is 5.56 Å². The number of nitrogens with zero attached hydrogens (tertiary/aromatic N) is 2. The van der Waals surface area contributed by atoms with Crippen molar-refractivity contribution in [3.63, 3.8) is 0 Å². The highest BCUT2D eigenvalue weighted by Crippen LogP contribution is 2.12. The quantitative estimate of drug-likeness (QED) is 0.729. The molecule has 1 heterocycles. The SMILES string of the molecule is Cc1ccc(N(CCCl)CC(F)F)nc1. The van der Waals surface area contributed by atoms with E-state index in [0.29, 0.717) is 18.2 Å². The Hall–Kier alpha value is -0.900. The van der Waals surface area contributed by atoms with Crippen LogP contribution in [0.2, 0.25) is 0 Å². The molecule has 0 N–H and O–H groups in total. The van der Waals surface area contributed by atoms with E-state index in [4.69, 9.17) is 11.6 Å². The Bertz CT molecular complexity index is 290. The highest BCUT2D eigenvalue weighted by atomic mass is 35.5. The monoisotopic (exact) mass is 234 g/mol. The molecule has 0 spiro atoms. The predicted octanol–water partition coefficient (Wildman–Crippen LogP) is 2.70. The molecule has 0 saturated heterocycles. The van der Waals surface area contributed by atoms with E-state index >= 15 is 0 Å². The van der Waals surface area contributed by atoms with Gasteiger partial charge in [-0.3, -0.25) is 0 Å². The van der Waals surface area contributed by atoms with Gasteiger partial charge in [0.2, 0.25) is 0 Å². The molecule has 15 heavy (non-hydrogen) atoms. The molecule has 0 unspecified atom stereocenters. The van der Waals surface area contributed by atoms with Crippen molar-refractivity contribution < 1.29 is 8.78 Å². The third kappa shape index (κ3) is 4.00. The van der Waals surface area contributed by atoms with Gasteiger partial charge < -0.3 is 4.90 Å². The summed E-state index contributed by atoms with van der Waals surface area (Å²) in [6.07, 6.45) is -0.724. The molecule has 0 radical (unpaired) electrons. The van der Waals surface area contributed by atoms with Gasteiger partial charge in [-0.05, 0) is 18.6 Å². The van der Waals surface area contributed by atoms with Crippen LogP contribution in [0.3, 0.4) is 0 Å². The van der Waals surface area contributed by atoms with Crippen LogP contribution in [0.15, 0.2) is 18.3 Å². The Kier molecular flexibility index (Phi) is 4.75. The fourth-order valence-corrected chi connectivity index (χ4v) is 1.42. The molecule has 0 atom stereocenters. The lowest BCUT2D eigenvalue weighted by Crippen LogP contribution is -2.31. The number of anilines is 1. The van der Waals surface area contributed by atoms with E-state index in [0.717, 1.165) is 5.56 Å². The van der Waals surface area contributed by atoms with Crippen LogP contribution < -0.4 is 4.90 Å². The lowest BCUT2D eigenvalue weighted by atomic mass is 10.3. The highest BCUT2D eigenvalue weighted by molar-refractivity contribution is 6.18. The number of hydrogen-bond acceptors (Lipinski definition) is 2. The summed E-state index contributed by atoms with van der Waals surface area (Å²) in [5, 5.41) is 0. The summed E-state index contributed by atoms with van der Waals surface area (Å²) in [5.74, 6) is 0.851. The maximum atomic E-state index is 12.3. The number of pyridine rings is 1. The van der Waals surface area contributed by atoms with Gasteiger partial charge >= 0.3 is 0 Å². The van der Waals surface area contributed by atoms with Crippen molar-refractivity contribution in [3.05, 3.63) is 23.9 Å². The zero-order valence-electron chi connectivity index (χ0n) is 8.46. The first-order valence-corrected chi connectivity index (χ1v) is 5.18. The lowest BCUT2D eigenvalue weighted by molar-refractivity contribution is 0.155. The molecule has 0 aliphatic heterocycles. The Morgan fingerprint density at radius 3 is 2.67 bits per heavy atom. The van der Waals surface area contributed by atoms with Gasteiger partial charge in [-0.2, -0.15) is 0 Å². The van der Waals surface area contributed by atoms with Crippen molar-refractivity contribution in [2.24, 2.45) is 0 Å². The molecular formula is C10H13ClF2N2. The summed E-state index contributed by atoms with van der Waals surface area (Å²) in [5.41, 5.74) is 1.00. The zero-order chi connectivity index (χ0) is 11.3. The average molecular weight is 235 g/mol. The highest BCUT2D eigenvalue weighted by Gasteiger charge is 2.12. The third-order valence-corrected chi connectivity index (χ3v) is 2.10. The molecular weight excluding hydrogens is 222 g/mol. The van der Waals surface area contributed by atoms with Gasteiger partial charge in [0.15, 0.2) is 0 Å². The first kappa shape index (κ1) is 12.2. The van der Waals surface area contributed by atoms with Gasteiger partial charge in [-0.25, -0.2) is 13.8 Å². The first-order chi connectivity index (χ1) is 7.13. The van der Waals surface area contributed by atoms with Crippen LogP contribution in [0.5, 0.6) is 0 Å². The molecule has 1 rings (SSSR count). The normalized spacial score (nSPS) is 10.7. The number of rotatable bonds is 5. The van der Waals surface area contributed by atoms with E-state index in [2.05, 4.69) is 4.98 Å². The van der Waals surface area contributed by atoms with E-state index in [9.17, 15) is 8.78 Å². The molecule has 0 amide bonds.